The van der Waals surface area contributed by atoms with Crippen LogP contribution in [0.3, 0.4) is 0 Å². The molecule has 5 nitrogen and oxygen atoms in total. The molecule has 1 aromatic heterocycles. The predicted molar refractivity (Wildman–Crippen MR) is 87.6 cm³/mol. The molecule has 2 N–H and O–H groups in total. The van der Waals surface area contributed by atoms with Crippen molar-refractivity contribution < 1.29 is 9.84 Å². The average molecular weight is 342 g/mol. The molecule has 0 unspecified atom stereocenters. The minimum atomic E-state index is -0.0387. The largest absolute Gasteiger partial charge is 0.396 e. The molecule has 0 amide bonds. The lowest BCUT2D eigenvalue weighted by molar-refractivity contribution is 0.133. The lowest BCUT2D eigenvalue weighted by Crippen LogP contribution is -2.31. The molecule has 118 valence electrons. The number of nitrogens with zero attached hydrogens (tertiary/aromatic N) is 2. The fraction of sp³-hybridized carbons (Fsp3) is 0.467. The van der Waals surface area contributed by atoms with E-state index in [9.17, 15) is 5.11 Å². The van der Waals surface area contributed by atoms with E-state index in [1.807, 2.05) is 0 Å². The summed E-state index contributed by atoms with van der Waals surface area (Å²) in [5.41, 5.74) is 1.36. The van der Waals surface area contributed by atoms with E-state index in [2.05, 4.69) is 15.3 Å². The van der Waals surface area contributed by atoms with E-state index in [1.54, 1.807) is 18.3 Å². The summed E-state index contributed by atoms with van der Waals surface area (Å²) in [5, 5.41) is 13.5. The van der Waals surface area contributed by atoms with Gasteiger partial charge in [-0.3, -0.25) is 4.98 Å². The first-order valence-corrected chi connectivity index (χ1v) is 7.92. The lowest BCUT2D eigenvalue weighted by atomic mass is 9.84. The van der Waals surface area contributed by atoms with Gasteiger partial charge in [0.15, 0.2) is 0 Å². The van der Waals surface area contributed by atoms with Crippen molar-refractivity contribution in [1.29, 1.82) is 0 Å². The maximum absolute atomic E-state index is 9.25. The molecule has 2 heterocycles. The number of rotatable bonds is 5. The zero-order valence-corrected chi connectivity index (χ0v) is 13.5. The summed E-state index contributed by atoms with van der Waals surface area (Å²) in [6, 6.07) is 3.41. The Labute approximate surface area is 138 Å². The molecule has 22 heavy (non-hydrogen) atoms. The van der Waals surface area contributed by atoms with Gasteiger partial charge >= 0.3 is 0 Å². The average Bonchev–Trinajstić information content (AvgIpc) is 2.96. The Morgan fingerprint density at radius 1 is 1.27 bits per heavy atom. The standard InChI is InChI=1S/C15H17Cl2N3O2/c16-10-5-12-13(6-11(10)17)20-14(7-18-12)19-8-15(1-3-21)2-4-22-9-15/h5-7,21H,1-4,8-9H2,(H,19,20)/t15-/m1/s1. The van der Waals surface area contributed by atoms with Crippen LogP contribution < -0.4 is 5.32 Å². The third kappa shape index (κ3) is 3.27. The lowest BCUT2D eigenvalue weighted by Gasteiger charge is -2.26. The molecule has 1 fully saturated rings. The molecule has 0 aliphatic carbocycles. The second kappa shape index (κ2) is 6.54. The molecule has 0 bridgehead atoms. The summed E-state index contributed by atoms with van der Waals surface area (Å²) < 4.78 is 5.48. The summed E-state index contributed by atoms with van der Waals surface area (Å²) in [6.07, 6.45) is 3.32. The maximum Gasteiger partial charge on any atom is 0.145 e. The first kappa shape index (κ1) is 15.7. The number of aliphatic hydroxyl groups is 1. The van der Waals surface area contributed by atoms with Crippen molar-refractivity contribution in [3.8, 4) is 0 Å². The zero-order chi connectivity index (χ0) is 15.6. The Balaban J connectivity index is 1.77. The fourth-order valence-electron chi connectivity index (χ4n) is 2.68. The van der Waals surface area contributed by atoms with Crippen LogP contribution in [0.25, 0.3) is 11.0 Å². The normalized spacial score (nSPS) is 21.4. The van der Waals surface area contributed by atoms with Gasteiger partial charge in [-0.15, -0.1) is 0 Å². The molecular formula is C15H17Cl2N3O2. The van der Waals surface area contributed by atoms with Crippen molar-refractivity contribution in [2.75, 3.05) is 31.7 Å². The molecule has 0 radical (unpaired) electrons. The second-order valence-electron chi connectivity index (χ2n) is 5.64. The van der Waals surface area contributed by atoms with Crippen LogP contribution >= 0.6 is 23.2 Å². The number of ether oxygens (including phenoxy) is 1. The highest BCUT2D eigenvalue weighted by molar-refractivity contribution is 6.42. The van der Waals surface area contributed by atoms with E-state index in [4.69, 9.17) is 27.9 Å². The highest BCUT2D eigenvalue weighted by Crippen LogP contribution is 2.32. The van der Waals surface area contributed by atoms with Gasteiger partial charge in [0.2, 0.25) is 0 Å². The fourth-order valence-corrected chi connectivity index (χ4v) is 3.00. The number of anilines is 1. The SMILES string of the molecule is OCC[C@]1(CNc2cnc3cc(Cl)c(Cl)cc3n2)CCOC1. The number of fused-ring (bicyclic) bond motifs is 1. The maximum atomic E-state index is 9.25. The van der Waals surface area contributed by atoms with Gasteiger partial charge < -0.3 is 15.2 Å². The van der Waals surface area contributed by atoms with Crippen LogP contribution in [0.1, 0.15) is 12.8 Å². The Hall–Kier alpha value is -1.14. The molecule has 1 aliphatic heterocycles. The van der Waals surface area contributed by atoms with Crippen LogP contribution in [0.5, 0.6) is 0 Å². The molecule has 0 spiro atoms. The number of aliphatic hydroxyl groups excluding tert-OH is 1. The van der Waals surface area contributed by atoms with Gasteiger partial charge in [0.25, 0.3) is 0 Å². The Morgan fingerprint density at radius 3 is 2.73 bits per heavy atom. The number of hydrogen-bond acceptors (Lipinski definition) is 5. The van der Waals surface area contributed by atoms with E-state index in [1.165, 1.54) is 0 Å². The number of aromatic nitrogens is 2. The van der Waals surface area contributed by atoms with Crippen LogP contribution in [0.15, 0.2) is 18.3 Å². The molecule has 3 rings (SSSR count). The highest BCUT2D eigenvalue weighted by Gasteiger charge is 2.34. The first-order valence-electron chi connectivity index (χ1n) is 7.16. The predicted octanol–water partition coefficient (Wildman–Crippen LogP) is 3.14. The van der Waals surface area contributed by atoms with Crippen molar-refractivity contribution in [1.82, 2.24) is 9.97 Å². The molecule has 1 aromatic carbocycles. The van der Waals surface area contributed by atoms with Crippen molar-refractivity contribution in [2.24, 2.45) is 5.41 Å². The summed E-state index contributed by atoms with van der Waals surface area (Å²) >= 11 is 12.0. The topological polar surface area (TPSA) is 67.3 Å². The molecule has 1 atom stereocenters. The van der Waals surface area contributed by atoms with Crippen LogP contribution in [0.4, 0.5) is 5.82 Å². The summed E-state index contributed by atoms with van der Waals surface area (Å²) in [6.45, 7) is 2.24. The molecule has 1 aliphatic rings. The molecule has 1 saturated heterocycles. The van der Waals surface area contributed by atoms with Crippen molar-refractivity contribution >= 4 is 40.1 Å². The quantitative estimate of drug-likeness (QED) is 0.874. The van der Waals surface area contributed by atoms with Crippen LogP contribution in [-0.2, 0) is 4.74 Å². The van der Waals surface area contributed by atoms with Crippen molar-refractivity contribution in [3.63, 3.8) is 0 Å². The second-order valence-corrected chi connectivity index (χ2v) is 6.45. The molecular weight excluding hydrogens is 325 g/mol. The minimum absolute atomic E-state index is 0.0387. The van der Waals surface area contributed by atoms with Gasteiger partial charge in [0.05, 0.1) is 33.9 Å². The van der Waals surface area contributed by atoms with Crippen molar-refractivity contribution in [2.45, 2.75) is 12.8 Å². The summed E-state index contributed by atoms with van der Waals surface area (Å²) in [5.74, 6) is 0.676. The highest BCUT2D eigenvalue weighted by atomic mass is 35.5. The number of hydrogen-bond donors (Lipinski definition) is 2. The molecule has 7 heteroatoms. The Bertz CT molecular complexity index is 675. The van der Waals surface area contributed by atoms with Gasteiger partial charge in [-0.1, -0.05) is 23.2 Å². The Morgan fingerprint density at radius 2 is 2.05 bits per heavy atom. The number of halogens is 2. The van der Waals surface area contributed by atoms with Gasteiger partial charge in [-0.2, -0.15) is 0 Å². The van der Waals surface area contributed by atoms with Gasteiger partial charge in [-0.25, -0.2) is 4.98 Å². The van der Waals surface area contributed by atoms with Gasteiger partial charge in [0, 0.05) is 25.2 Å². The monoisotopic (exact) mass is 341 g/mol. The van der Waals surface area contributed by atoms with Gasteiger partial charge in [0.1, 0.15) is 5.82 Å². The van der Waals surface area contributed by atoms with Gasteiger partial charge in [-0.05, 0) is 25.0 Å². The first-order chi connectivity index (χ1) is 10.6. The minimum Gasteiger partial charge on any atom is -0.396 e. The number of nitrogens with one attached hydrogen (secondary N) is 1. The van der Waals surface area contributed by atoms with E-state index in [-0.39, 0.29) is 12.0 Å². The zero-order valence-electron chi connectivity index (χ0n) is 12.0. The third-order valence-corrected chi connectivity index (χ3v) is 4.78. The van der Waals surface area contributed by atoms with E-state index in [0.29, 0.717) is 46.5 Å². The van der Waals surface area contributed by atoms with Crippen LogP contribution in [0, 0.1) is 5.41 Å². The smallest absolute Gasteiger partial charge is 0.145 e. The van der Waals surface area contributed by atoms with Crippen molar-refractivity contribution in [3.05, 3.63) is 28.4 Å². The Kier molecular flexibility index (Phi) is 4.68. The molecule has 2 aromatic rings. The van der Waals surface area contributed by atoms with E-state index >= 15 is 0 Å². The molecule has 0 saturated carbocycles. The van der Waals surface area contributed by atoms with Crippen LogP contribution in [0.2, 0.25) is 10.0 Å². The van der Waals surface area contributed by atoms with E-state index < -0.39 is 0 Å². The third-order valence-electron chi connectivity index (χ3n) is 4.06. The summed E-state index contributed by atoms with van der Waals surface area (Å²) in [7, 11) is 0. The van der Waals surface area contributed by atoms with E-state index in [0.717, 1.165) is 13.0 Å². The van der Waals surface area contributed by atoms with Crippen LogP contribution in [-0.4, -0.2) is 41.4 Å². The summed E-state index contributed by atoms with van der Waals surface area (Å²) in [4.78, 5) is 8.86. The number of benzene rings is 1.